The number of benzene rings is 1. The summed E-state index contributed by atoms with van der Waals surface area (Å²) in [6.45, 7) is 7.10. The lowest BCUT2D eigenvalue weighted by molar-refractivity contribution is -0.118. The van der Waals surface area contributed by atoms with E-state index >= 15 is 0 Å². The maximum absolute atomic E-state index is 12.8. The molecular formula is C21H26N6O5S. The van der Waals surface area contributed by atoms with Crippen LogP contribution < -0.4 is 25.8 Å². The summed E-state index contributed by atoms with van der Waals surface area (Å²) in [5.41, 5.74) is 5.92. The summed E-state index contributed by atoms with van der Waals surface area (Å²) in [5.74, 6) is -0.392. The van der Waals surface area contributed by atoms with Crippen LogP contribution in [0.4, 0.5) is 11.5 Å². The Kier molecular flexibility index (Phi) is 6.58. The Bertz CT molecular complexity index is 1220. The van der Waals surface area contributed by atoms with Crippen LogP contribution in [-0.4, -0.2) is 43.2 Å². The minimum atomic E-state index is -3.90. The zero-order chi connectivity index (χ0) is 24.4. The van der Waals surface area contributed by atoms with Gasteiger partial charge in [-0.25, -0.2) is 4.98 Å². The van der Waals surface area contributed by atoms with E-state index in [2.05, 4.69) is 24.7 Å². The minimum Gasteiger partial charge on any atom is -0.490 e. The largest absolute Gasteiger partial charge is 0.490 e. The number of ether oxygens (including phenoxy) is 1. The number of hydrogen-bond donors (Lipinski definition) is 4. The van der Waals surface area contributed by atoms with E-state index in [9.17, 15) is 18.0 Å². The summed E-state index contributed by atoms with van der Waals surface area (Å²) in [5, 5.41) is 5.53. The lowest BCUT2D eigenvalue weighted by Gasteiger charge is -2.27. The summed E-state index contributed by atoms with van der Waals surface area (Å²) < 4.78 is 35.1. The van der Waals surface area contributed by atoms with Gasteiger partial charge < -0.3 is 21.1 Å². The van der Waals surface area contributed by atoms with E-state index < -0.39 is 15.7 Å². The van der Waals surface area contributed by atoms with Gasteiger partial charge in [0.25, 0.3) is 5.91 Å². The van der Waals surface area contributed by atoms with E-state index in [1.807, 2.05) is 0 Å². The Hall–Kier alpha value is -3.67. The summed E-state index contributed by atoms with van der Waals surface area (Å²) in [6, 6.07) is 7.82. The van der Waals surface area contributed by atoms with Gasteiger partial charge in [-0.3, -0.25) is 14.3 Å². The Morgan fingerprint density at radius 2 is 1.97 bits per heavy atom. The first-order chi connectivity index (χ1) is 15.4. The molecule has 0 unspecified atom stereocenters. The third-order valence-corrected chi connectivity index (χ3v) is 5.49. The fraction of sp³-hybridized carbons (Fsp3) is 0.333. The molecule has 0 aliphatic carbocycles. The number of amides is 2. The van der Waals surface area contributed by atoms with E-state index in [-0.39, 0.29) is 41.7 Å². The van der Waals surface area contributed by atoms with Gasteiger partial charge in [0.05, 0.1) is 16.8 Å². The third-order valence-electron chi connectivity index (χ3n) is 4.58. The molecule has 1 aromatic heterocycles. The highest BCUT2D eigenvalue weighted by atomic mass is 32.2. The predicted molar refractivity (Wildman–Crippen MR) is 124 cm³/mol. The molecule has 2 heterocycles. The highest BCUT2D eigenvalue weighted by Gasteiger charge is 2.27. The van der Waals surface area contributed by atoms with Gasteiger partial charge in [-0.1, -0.05) is 19.9 Å². The van der Waals surface area contributed by atoms with Crippen molar-refractivity contribution in [3.63, 3.8) is 0 Å². The smallest absolute Gasteiger partial charge is 0.344 e. The molecule has 0 saturated carbocycles. The second-order valence-corrected chi connectivity index (χ2v) is 9.77. The molecular weight excluding hydrogens is 448 g/mol. The standard InChI is InChI=1S/C21H26N6O5S/c1-12(2)19(28)24-16-10-13(8-9-23-16)20(29)25-21(3,4)11-32-15-7-5-6-14-17(15)18(22)27-33(30,31)26-14/h5-10,12,26H,11H2,1-4H3,(H2,22,27)(H,25,29)(H,23,24,28). The van der Waals surface area contributed by atoms with Crippen LogP contribution in [0.3, 0.4) is 0 Å². The van der Waals surface area contributed by atoms with Crippen LogP contribution in [0.5, 0.6) is 5.75 Å². The number of hydrogen-bond acceptors (Lipinski definition) is 7. The fourth-order valence-corrected chi connectivity index (χ4v) is 3.77. The number of carbonyl (C=O) groups is 2. The van der Waals surface area contributed by atoms with Crippen molar-refractivity contribution in [2.75, 3.05) is 16.6 Å². The number of aromatic nitrogens is 1. The summed E-state index contributed by atoms with van der Waals surface area (Å²) in [6.07, 6.45) is 1.44. The molecule has 11 nitrogen and oxygen atoms in total. The first kappa shape index (κ1) is 24.0. The number of pyridine rings is 1. The van der Waals surface area contributed by atoms with Crippen LogP contribution in [-0.2, 0) is 15.0 Å². The molecule has 0 fully saturated rings. The first-order valence-electron chi connectivity index (χ1n) is 10.1. The van der Waals surface area contributed by atoms with Gasteiger partial charge in [0.15, 0.2) is 5.84 Å². The van der Waals surface area contributed by atoms with Crippen molar-refractivity contribution in [3.05, 3.63) is 47.7 Å². The van der Waals surface area contributed by atoms with Crippen LogP contribution in [0.1, 0.15) is 43.6 Å². The zero-order valence-corrected chi connectivity index (χ0v) is 19.5. The van der Waals surface area contributed by atoms with E-state index in [0.717, 1.165) is 0 Å². The summed E-state index contributed by atoms with van der Waals surface area (Å²) in [7, 11) is -3.90. The fourth-order valence-electron chi connectivity index (χ4n) is 2.92. The van der Waals surface area contributed by atoms with Crippen molar-refractivity contribution in [2.45, 2.75) is 33.2 Å². The maximum atomic E-state index is 12.8. The number of anilines is 2. The molecule has 0 radical (unpaired) electrons. The highest BCUT2D eigenvalue weighted by Crippen LogP contribution is 2.30. The Morgan fingerprint density at radius 1 is 1.24 bits per heavy atom. The number of fused-ring (bicyclic) bond motifs is 1. The minimum absolute atomic E-state index is 0.0528. The number of rotatable bonds is 7. The average Bonchev–Trinajstić information content (AvgIpc) is 2.71. The van der Waals surface area contributed by atoms with Crippen molar-refractivity contribution >= 4 is 39.4 Å². The Morgan fingerprint density at radius 3 is 2.67 bits per heavy atom. The van der Waals surface area contributed by atoms with Crippen molar-refractivity contribution in [1.29, 1.82) is 0 Å². The lowest BCUT2D eigenvalue weighted by atomic mass is 10.1. The van der Waals surface area contributed by atoms with Gasteiger partial charge in [0.1, 0.15) is 18.2 Å². The maximum Gasteiger partial charge on any atom is 0.344 e. The van der Waals surface area contributed by atoms with E-state index in [1.54, 1.807) is 45.9 Å². The molecule has 1 aromatic carbocycles. The summed E-state index contributed by atoms with van der Waals surface area (Å²) in [4.78, 5) is 28.7. The molecule has 0 saturated heterocycles. The SMILES string of the molecule is CC(C)C(=O)Nc1cc(C(=O)NC(C)(C)COc2cccc3c2C(N)=NS(=O)(=O)N3)ccn1. The van der Waals surface area contributed by atoms with Crippen LogP contribution in [0.15, 0.2) is 40.9 Å². The van der Waals surface area contributed by atoms with Gasteiger partial charge in [-0.15, -0.1) is 4.40 Å². The molecule has 0 spiro atoms. The van der Waals surface area contributed by atoms with Gasteiger partial charge in [0, 0.05) is 17.7 Å². The molecule has 5 N–H and O–H groups in total. The number of carbonyl (C=O) groups excluding carboxylic acids is 2. The van der Waals surface area contributed by atoms with Crippen molar-refractivity contribution in [1.82, 2.24) is 10.3 Å². The van der Waals surface area contributed by atoms with Crippen LogP contribution >= 0.6 is 0 Å². The molecule has 1 aliphatic heterocycles. The molecule has 1 aliphatic rings. The van der Waals surface area contributed by atoms with Crippen LogP contribution in [0, 0.1) is 5.92 Å². The molecule has 3 rings (SSSR count). The topological polar surface area (TPSA) is 165 Å². The van der Waals surface area contributed by atoms with Crippen LogP contribution in [0.25, 0.3) is 0 Å². The van der Waals surface area contributed by atoms with Crippen molar-refractivity contribution in [3.8, 4) is 5.75 Å². The quantitative estimate of drug-likeness (QED) is 0.473. The van der Waals surface area contributed by atoms with Gasteiger partial charge >= 0.3 is 10.2 Å². The molecule has 2 amide bonds. The predicted octanol–water partition coefficient (Wildman–Crippen LogP) is 1.64. The van der Waals surface area contributed by atoms with E-state index in [1.165, 1.54) is 18.3 Å². The Balaban J connectivity index is 1.70. The van der Waals surface area contributed by atoms with Crippen molar-refractivity contribution in [2.24, 2.45) is 16.0 Å². The molecule has 0 bridgehead atoms. The van der Waals surface area contributed by atoms with E-state index in [0.29, 0.717) is 16.9 Å². The number of amidine groups is 1. The third kappa shape index (κ3) is 5.98. The molecule has 176 valence electrons. The molecule has 33 heavy (non-hydrogen) atoms. The highest BCUT2D eigenvalue weighted by molar-refractivity contribution is 7.91. The normalized spacial score (nSPS) is 14.5. The average molecular weight is 475 g/mol. The number of nitrogens with two attached hydrogens (primary N) is 1. The molecule has 2 aromatic rings. The van der Waals surface area contributed by atoms with Gasteiger partial charge in [0.2, 0.25) is 5.91 Å². The summed E-state index contributed by atoms with van der Waals surface area (Å²) >= 11 is 0. The second kappa shape index (κ2) is 9.06. The number of nitrogens with one attached hydrogen (secondary N) is 3. The van der Waals surface area contributed by atoms with E-state index in [4.69, 9.17) is 10.5 Å². The van der Waals surface area contributed by atoms with Gasteiger partial charge in [-0.2, -0.15) is 8.42 Å². The van der Waals surface area contributed by atoms with Crippen LogP contribution in [0.2, 0.25) is 0 Å². The van der Waals surface area contributed by atoms with Gasteiger partial charge in [-0.05, 0) is 38.1 Å². The van der Waals surface area contributed by atoms with Crippen molar-refractivity contribution < 1.29 is 22.7 Å². The monoisotopic (exact) mass is 474 g/mol. The molecule has 0 atom stereocenters. The molecule has 12 heteroatoms. The first-order valence-corrected chi connectivity index (χ1v) is 11.5. The lowest BCUT2D eigenvalue weighted by Crippen LogP contribution is -2.48. The Labute approximate surface area is 192 Å². The second-order valence-electron chi connectivity index (χ2n) is 8.43. The zero-order valence-electron chi connectivity index (χ0n) is 18.7. The number of nitrogens with zero attached hydrogens (tertiary/aromatic N) is 2.